The molecule has 0 saturated heterocycles. The summed E-state index contributed by atoms with van der Waals surface area (Å²) in [6.45, 7) is 1.71. The van der Waals surface area contributed by atoms with Gasteiger partial charge in [-0.25, -0.2) is 13.1 Å². The summed E-state index contributed by atoms with van der Waals surface area (Å²) < 4.78 is 38.1. The molecule has 0 aliphatic carbocycles. The smallest absolute Gasteiger partial charge is 0.243 e. The van der Waals surface area contributed by atoms with Crippen LogP contribution >= 0.6 is 12.2 Å². The first-order valence-corrected chi connectivity index (χ1v) is 9.43. The average molecular weight is 335 g/mol. The third-order valence-electron chi connectivity index (χ3n) is 2.49. The van der Waals surface area contributed by atoms with E-state index in [-0.39, 0.29) is 21.6 Å². The van der Waals surface area contributed by atoms with Crippen molar-refractivity contribution >= 4 is 38.0 Å². The third-order valence-corrected chi connectivity index (χ3v) is 5.11. The van der Waals surface area contributed by atoms with Crippen molar-refractivity contribution in [2.75, 3.05) is 12.0 Å². The molecule has 0 amide bonds. The maximum Gasteiger partial charge on any atom is 0.243 e. The van der Waals surface area contributed by atoms with Crippen molar-refractivity contribution in [2.45, 2.75) is 24.3 Å². The molecule has 0 bridgehead atoms. The molecule has 2 unspecified atom stereocenters. The van der Waals surface area contributed by atoms with Crippen molar-refractivity contribution in [1.29, 1.82) is 0 Å². The Hall–Kier alpha value is -0.900. The molecule has 112 valence electrons. The lowest BCUT2D eigenvalue weighted by Crippen LogP contribution is -2.35. The summed E-state index contributed by atoms with van der Waals surface area (Å²) in [5, 5.41) is 0. The topological polar surface area (TPSA) is 102 Å². The van der Waals surface area contributed by atoms with E-state index in [1.807, 2.05) is 0 Å². The predicted octanol–water partition coefficient (Wildman–Crippen LogP) is 0.151. The summed E-state index contributed by atoms with van der Waals surface area (Å²) in [7, 11) is -4.72. The van der Waals surface area contributed by atoms with Gasteiger partial charge in [-0.05, 0) is 25.5 Å². The summed E-state index contributed by atoms with van der Waals surface area (Å²) in [6, 6.07) is 2.56. The number of rotatable bonds is 7. The van der Waals surface area contributed by atoms with E-state index >= 15 is 0 Å². The number of aromatic nitrogens is 1. The lowest BCUT2D eigenvalue weighted by molar-refractivity contribution is 0.555. The molecule has 1 aromatic rings. The Bertz CT molecular complexity index is 616. The zero-order valence-corrected chi connectivity index (χ0v) is 13.6. The maximum atomic E-state index is 12.3. The van der Waals surface area contributed by atoms with Crippen LogP contribution in [-0.4, -0.2) is 40.6 Å². The van der Waals surface area contributed by atoms with Gasteiger partial charge in [0.05, 0.1) is 0 Å². The summed E-state index contributed by atoms with van der Waals surface area (Å²) in [5.41, 5.74) is 5.55. The number of nitrogens with zero attached hydrogens (tertiary/aromatic N) is 1. The standard InChI is InChI=1S/C11H17N3O3S3/c1-8(5-7-19(2)15)14-20(16,17)9-4-3-6-13-10(9)11(12)18/h3-4,6,8,14H,5,7H2,1-2H3,(H2,12,18). The molecule has 1 rings (SSSR count). The fourth-order valence-corrected chi connectivity index (χ4v) is 3.88. The Morgan fingerprint density at radius 3 is 2.80 bits per heavy atom. The number of nitrogens with one attached hydrogen (secondary N) is 1. The van der Waals surface area contributed by atoms with Crippen LogP contribution in [0.25, 0.3) is 0 Å². The quantitative estimate of drug-likeness (QED) is 0.688. The van der Waals surface area contributed by atoms with Crippen LogP contribution in [-0.2, 0) is 20.8 Å². The minimum Gasteiger partial charge on any atom is -0.388 e. The minimum absolute atomic E-state index is 0.0445. The fourth-order valence-electron chi connectivity index (χ4n) is 1.52. The zero-order chi connectivity index (χ0) is 15.3. The number of pyridine rings is 1. The summed E-state index contributed by atoms with van der Waals surface area (Å²) in [6.07, 6.45) is 3.48. The Balaban J connectivity index is 2.94. The van der Waals surface area contributed by atoms with Gasteiger partial charge in [0, 0.05) is 35.0 Å². The highest BCUT2D eigenvalue weighted by Crippen LogP contribution is 2.13. The predicted molar refractivity (Wildman–Crippen MR) is 83.5 cm³/mol. The van der Waals surface area contributed by atoms with Gasteiger partial charge in [-0.3, -0.25) is 9.19 Å². The molecule has 0 radical (unpaired) electrons. The molecule has 6 nitrogen and oxygen atoms in total. The lowest BCUT2D eigenvalue weighted by atomic mass is 10.3. The van der Waals surface area contributed by atoms with E-state index in [9.17, 15) is 12.6 Å². The highest BCUT2D eigenvalue weighted by molar-refractivity contribution is 7.89. The molecule has 0 aliphatic rings. The molecule has 2 atom stereocenters. The van der Waals surface area contributed by atoms with Crippen LogP contribution < -0.4 is 10.5 Å². The van der Waals surface area contributed by atoms with E-state index < -0.39 is 20.8 Å². The van der Waals surface area contributed by atoms with Crippen LogP contribution in [0.1, 0.15) is 19.0 Å². The highest BCUT2D eigenvalue weighted by Gasteiger charge is 2.22. The van der Waals surface area contributed by atoms with Crippen LogP contribution in [0.3, 0.4) is 0 Å². The zero-order valence-electron chi connectivity index (χ0n) is 11.2. The van der Waals surface area contributed by atoms with Crippen LogP contribution in [0, 0.1) is 0 Å². The molecule has 0 saturated carbocycles. The lowest BCUT2D eigenvalue weighted by Gasteiger charge is -2.15. The largest absolute Gasteiger partial charge is 0.388 e. The number of thiocarbonyl (C=S) groups is 1. The van der Waals surface area contributed by atoms with Crippen molar-refractivity contribution in [3.8, 4) is 0 Å². The van der Waals surface area contributed by atoms with Gasteiger partial charge in [-0.1, -0.05) is 12.2 Å². The number of hydrogen-bond acceptors (Lipinski definition) is 5. The van der Waals surface area contributed by atoms with E-state index in [1.54, 1.807) is 13.2 Å². The number of nitrogens with two attached hydrogens (primary N) is 1. The van der Waals surface area contributed by atoms with Gasteiger partial charge in [-0.15, -0.1) is 0 Å². The Morgan fingerprint density at radius 2 is 2.25 bits per heavy atom. The second-order valence-electron chi connectivity index (χ2n) is 4.30. The minimum atomic E-state index is -3.76. The Labute approximate surface area is 126 Å². The van der Waals surface area contributed by atoms with E-state index in [0.717, 1.165) is 0 Å². The first-order valence-electron chi connectivity index (χ1n) is 5.81. The molecule has 20 heavy (non-hydrogen) atoms. The second kappa shape index (κ2) is 7.21. The van der Waals surface area contributed by atoms with Gasteiger partial charge in [0.25, 0.3) is 0 Å². The third kappa shape index (κ3) is 4.89. The van der Waals surface area contributed by atoms with E-state index in [0.29, 0.717) is 12.2 Å². The molecule has 0 fully saturated rings. The second-order valence-corrected chi connectivity index (χ2v) is 7.98. The number of hydrogen-bond donors (Lipinski definition) is 2. The van der Waals surface area contributed by atoms with Crippen LogP contribution in [0.5, 0.6) is 0 Å². The van der Waals surface area contributed by atoms with Crippen LogP contribution in [0.2, 0.25) is 0 Å². The number of sulfonamides is 1. The first-order chi connectivity index (χ1) is 9.24. The van der Waals surface area contributed by atoms with Crippen molar-refractivity contribution < 1.29 is 12.6 Å². The SMILES string of the molecule is CC(CCS(C)=O)NS(=O)(=O)c1cccnc1C(N)=S. The maximum absolute atomic E-state index is 12.3. The van der Waals surface area contributed by atoms with E-state index in [4.69, 9.17) is 18.0 Å². The van der Waals surface area contributed by atoms with Crippen molar-refractivity contribution in [1.82, 2.24) is 9.71 Å². The molecule has 0 spiro atoms. The average Bonchev–Trinajstić information content (AvgIpc) is 2.36. The summed E-state index contributed by atoms with van der Waals surface area (Å²) in [4.78, 5) is 3.77. The van der Waals surface area contributed by atoms with Crippen molar-refractivity contribution in [2.24, 2.45) is 5.73 Å². The monoisotopic (exact) mass is 335 g/mol. The van der Waals surface area contributed by atoms with Gasteiger partial charge in [0.15, 0.2) is 0 Å². The normalized spacial score (nSPS) is 14.7. The van der Waals surface area contributed by atoms with Gasteiger partial charge in [-0.2, -0.15) is 0 Å². The van der Waals surface area contributed by atoms with Gasteiger partial charge >= 0.3 is 0 Å². The van der Waals surface area contributed by atoms with Crippen molar-refractivity contribution in [3.63, 3.8) is 0 Å². The molecule has 3 N–H and O–H groups in total. The molecule has 1 aromatic heterocycles. The molecular formula is C11H17N3O3S3. The van der Waals surface area contributed by atoms with Gasteiger partial charge in [0.1, 0.15) is 15.6 Å². The van der Waals surface area contributed by atoms with Gasteiger partial charge in [0.2, 0.25) is 10.0 Å². The molecule has 1 heterocycles. The molecule has 9 heteroatoms. The highest BCUT2D eigenvalue weighted by atomic mass is 32.2. The van der Waals surface area contributed by atoms with E-state index in [1.165, 1.54) is 18.3 Å². The Morgan fingerprint density at radius 1 is 1.60 bits per heavy atom. The molecular weight excluding hydrogens is 318 g/mol. The summed E-state index contributed by atoms with van der Waals surface area (Å²) >= 11 is 4.80. The van der Waals surface area contributed by atoms with Crippen LogP contribution in [0.4, 0.5) is 0 Å². The Kier molecular flexibility index (Phi) is 6.18. The molecule has 0 aliphatic heterocycles. The van der Waals surface area contributed by atoms with E-state index in [2.05, 4.69) is 9.71 Å². The van der Waals surface area contributed by atoms with Crippen molar-refractivity contribution in [3.05, 3.63) is 24.0 Å². The molecule has 0 aromatic carbocycles. The fraction of sp³-hybridized carbons (Fsp3) is 0.455. The first kappa shape index (κ1) is 17.2. The van der Waals surface area contributed by atoms with Crippen LogP contribution in [0.15, 0.2) is 23.2 Å². The van der Waals surface area contributed by atoms with Gasteiger partial charge < -0.3 is 5.73 Å². The summed E-state index contributed by atoms with van der Waals surface area (Å²) in [5.74, 6) is 0.429.